The second-order valence-corrected chi connectivity index (χ2v) is 7.03. The molecule has 0 radical (unpaired) electrons. The second kappa shape index (κ2) is 10.3. The number of aryl methyl sites for hydroxylation is 1. The number of ether oxygens (including phenoxy) is 1. The van der Waals surface area contributed by atoms with Crippen LogP contribution in [0.1, 0.15) is 24.0 Å². The third-order valence-electron chi connectivity index (χ3n) is 3.88. The fourth-order valence-corrected chi connectivity index (χ4v) is 2.86. The Morgan fingerprint density at radius 3 is 2.63 bits per heavy atom. The van der Waals surface area contributed by atoms with Gasteiger partial charge in [0.25, 0.3) is 5.69 Å². The summed E-state index contributed by atoms with van der Waals surface area (Å²) >= 11 is 3.18. The normalized spacial score (nSPS) is 10.6. The lowest BCUT2D eigenvalue weighted by molar-refractivity contribution is -0.384. The van der Waals surface area contributed by atoms with E-state index in [-0.39, 0.29) is 35.7 Å². The maximum absolute atomic E-state index is 12.0. The molecule has 158 valence electrons. The van der Waals surface area contributed by atoms with E-state index in [4.69, 9.17) is 4.74 Å². The molecule has 2 aromatic carbocycles. The van der Waals surface area contributed by atoms with Crippen molar-refractivity contribution in [2.24, 2.45) is 5.10 Å². The number of rotatable bonds is 8. The largest absolute Gasteiger partial charge is 0.503 e. The van der Waals surface area contributed by atoms with Crippen LogP contribution >= 0.6 is 15.9 Å². The fourth-order valence-electron chi connectivity index (χ4n) is 2.40. The van der Waals surface area contributed by atoms with E-state index in [1.807, 2.05) is 0 Å². The van der Waals surface area contributed by atoms with Gasteiger partial charge in [-0.15, -0.1) is 0 Å². The number of hydrazone groups is 1. The quantitative estimate of drug-likeness (QED) is 0.301. The van der Waals surface area contributed by atoms with Crippen molar-refractivity contribution in [1.82, 2.24) is 5.43 Å². The Bertz CT molecular complexity index is 1010. The third-order valence-corrected chi connectivity index (χ3v) is 4.48. The molecule has 0 atom stereocenters. The molecule has 0 saturated heterocycles. The van der Waals surface area contributed by atoms with Crippen molar-refractivity contribution in [3.05, 3.63) is 56.0 Å². The summed E-state index contributed by atoms with van der Waals surface area (Å²) in [4.78, 5) is 34.4. The monoisotopic (exact) mass is 478 g/mol. The number of hydrogen-bond donors (Lipinski definition) is 3. The van der Waals surface area contributed by atoms with Gasteiger partial charge in [0, 0.05) is 18.9 Å². The molecule has 0 aliphatic carbocycles. The summed E-state index contributed by atoms with van der Waals surface area (Å²) in [6.07, 6.45) is 1.01. The third kappa shape index (κ3) is 6.27. The summed E-state index contributed by atoms with van der Waals surface area (Å²) in [6, 6.07) is 7.54. The zero-order valence-corrected chi connectivity index (χ0v) is 17.7. The van der Waals surface area contributed by atoms with Gasteiger partial charge in [-0.25, -0.2) is 5.43 Å². The first-order chi connectivity index (χ1) is 14.2. The SMILES string of the molecule is COc1cc(C=NNC(=O)CCC(=O)Nc2ccc(C)cc2[N+](=O)[O-])cc(Br)c1O. The predicted octanol–water partition coefficient (Wildman–Crippen LogP) is 3.25. The Morgan fingerprint density at radius 2 is 1.97 bits per heavy atom. The van der Waals surface area contributed by atoms with E-state index in [0.717, 1.165) is 0 Å². The summed E-state index contributed by atoms with van der Waals surface area (Å²) < 4.78 is 5.42. The number of phenols is 1. The van der Waals surface area contributed by atoms with Gasteiger partial charge in [0.15, 0.2) is 11.5 Å². The van der Waals surface area contributed by atoms with Crippen molar-refractivity contribution in [3.8, 4) is 11.5 Å². The second-order valence-electron chi connectivity index (χ2n) is 6.17. The molecule has 0 aromatic heterocycles. The van der Waals surface area contributed by atoms with Crippen molar-refractivity contribution in [2.45, 2.75) is 19.8 Å². The molecule has 0 spiro atoms. The number of methoxy groups -OCH3 is 1. The average Bonchev–Trinajstić information content (AvgIpc) is 2.70. The first kappa shape index (κ1) is 22.8. The fraction of sp³-hybridized carbons (Fsp3) is 0.211. The molecular weight excluding hydrogens is 460 g/mol. The molecule has 0 aliphatic rings. The van der Waals surface area contributed by atoms with E-state index >= 15 is 0 Å². The number of aromatic hydroxyl groups is 1. The van der Waals surface area contributed by atoms with Crippen LogP contribution in [-0.4, -0.2) is 35.2 Å². The first-order valence-electron chi connectivity index (χ1n) is 8.64. The zero-order chi connectivity index (χ0) is 22.3. The smallest absolute Gasteiger partial charge is 0.293 e. The minimum atomic E-state index is -0.583. The van der Waals surface area contributed by atoms with Gasteiger partial charge in [0.05, 0.1) is 22.7 Å². The molecule has 2 amide bonds. The number of hydrogen-bond acceptors (Lipinski definition) is 7. The van der Waals surface area contributed by atoms with Gasteiger partial charge in [-0.1, -0.05) is 6.07 Å². The minimum Gasteiger partial charge on any atom is -0.503 e. The van der Waals surface area contributed by atoms with E-state index in [1.165, 1.54) is 31.5 Å². The van der Waals surface area contributed by atoms with Crippen molar-refractivity contribution in [3.63, 3.8) is 0 Å². The Balaban J connectivity index is 1.88. The van der Waals surface area contributed by atoms with E-state index in [2.05, 4.69) is 31.8 Å². The highest BCUT2D eigenvalue weighted by Crippen LogP contribution is 2.34. The van der Waals surface area contributed by atoms with E-state index in [0.29, 0.717) is 15.6 Å². The van der Waals surface area contributed by atoms with Crippen LogP contribution in [0.2, 0.25) is 0 Å². The molecular formula is C19H19BrN4O6. The maximum Gasteiger partial charge on any atom is 0.293 e. The highest BCUT2D eigenvalue weighted by atomic mass is 79.9. The Hall–Kier alpha value is -3.47. The first-order valence-corrected chi connectivity index (χ1v) is 9.44. The Kier molecular flexibility index (Phi) is 7.87. The summed E-state index contributed by atoms with van der Waals surface area (Å²) in [5.41, 5.74) is 3.38. The molecule has 2 rings (SSSR count). The van der Waals surface area contributed by atoms with Gasteiger partial charge >= 0.3 is 0 Å². The molecule has 0 bridgehead atoms. The van der Waals surface area contributed by atoms with Crippen LogP contribution in [0.25, 0.3) is 0 Å². The van der Waals surface area contributed by atoms with Gasteiger partial charge in [-0.2, -0.15) is 5.10 Å². The van der Waals surface area contributed by atoms with Crippen molar-refractivity contribution < 1.29 is 24.4 Å². The molecule has 0 saturated carbocycles. The number of nitrogens with zero attached hydrogens (tertiary/aromatic N) is 2. The van der Waals surface area contributed by atoms with Crippen molar-refractivity contribution in [1.29, 1.82) is 0 Å². The number of carbonyl (C=O) groups excluding carboxylic acids is 2. The van der Waals surface area contributed by atoms with Crippen LogP contribution in [0.15, 0.2) is 39.9 Å². The lowest BCUT2D eigenvalue weighted by Crippen LogP contribution is -2.21. The number of carbonyl (C=O) groups is 2. The molecule has 0 unspecified atom stereocenters. The number of amides is 2. The summed E-state index contributed by atoms with van der Waals surface area (Å²) in [7, 11) is 1.40. The Morgan fingerprint density at radius 1 is 1.27 bits per heavy atom. The van der Waals surface area contributed by atoms with Crippen LogP contribution in [0.4, 0.5) is 11.4 Å². The predicted molar refractivity (Wildman–Crippen MR) is 114 cm³/mol. The molecule has 10 nitrogen and oxygen atoms in total. The molecule has 2 aromatic rings. The molecule has 0 heterocycles. The van der Waals surface area contributed by atoms with Crippen LogP contribution in [0.5, 0.6) is 11.5 Å². The highest BCUT2D eigenvalue weighted by molar-refractivity contribution is 9.10. The van der Waals surface area contributed by atoms with E-state index in [1.54, 1.807) is 19.1 Å². The highest BCUT2D eigenvalue weighted by Gasteiger charge is 2.16. The standard InChI is InChI=1S/C19H19BrN4O6/c1-11-3-4-14(15(7-11)24(28)29)22-17(25)5-6-18(26)23-21-10-12-8-13(20)19(27)16(9-12)30-2/h3-4,7-10,27H,5-6H2,1-2H3,(H,22,25)(H,23,26). The number of anilines is 1. The number of benzene rings is 2. The lowest BCUT2D eigenvalue weighted by atomic mass is 10.2. The van der Waals surface area contributed by atoms with Crippen LogP contribution in [0, 0.1) is 17.0 Å². The van der Waals surface area contributed by atoms with Gasteiger partial charge < -0.3 is 15.2 Å². The number of halogens is 1. The average molecular weight is 479 g/mol. The number of nitro benzene ring substituents is 1. The summed E-state index contributed by atoms with van der Waals surface area (Å²) in [6.45, 7) is 1.70. The van der Waals surface area contributed by atoms with Crippen LogP contribution in [0.3, 0.4) is 0 Å². The molecule has 3 N–H and O–H groups in total. The van der Waals surface area contributed by atoms with Gasteiger partial charge in [0.2, 0.25) is 11.8 Å². The molecule has 11 heteroatoms. The van der Waals surface area contributed by atoms with E-state index < -0.39 is 16.7 Å². The molecule has 0 fully saturated rings. The van der Waals surface area contributed by atoms with Gasteiger partial charge in [-0.05, 0) is 52.2 Å². The van der Waals surface area contributed by atoms with Crippen LogP contribution in [-0.2, 0) is 9.59 Å². The van der Waals surface area contributed by atoms with E-state index in [9.17, 15) is 24.8 Å². The maximum atomic E-state index is 12.0. The van der Waals surface area contributed by atoms with Crippen LogP contribution < -0.4 is 15.5 Å². The number of nitrogens with one attached hydrogen (secondary N) is 2. The summed E-state index contributed by atoms with van der Waals surface area (Å²) in [5.74, 6) is -0.865. The molecule has 0 aliphatic heterocycles. The Labute approximate surface area is 180 Å². The summed E-state index contributed by atoms with van der Waals surface area (Å²) in [5, 5.41) is 27.1. The van der Waals surface area contributed by atoms with Gasteiger partial charge in [0.1, 0.15) is 5.69 Å². The lowest BCUT2D eigenvalue weighted by Gasteiger charge is -2.07. The topological polar surface area (TPSA) is 143 Å². The number of phenolic OH excluding ortho intramolecular Hbond substituents is 1. The number of nitro groups is 1. The van der Waals surface area contributed by atoms with Gasteiger partial charge in [-0.3, -0.25) is 19.7 Å². The van der Waals surface area contributed by atoms with Crippen molar-refractivity contribution >= 4 is 45.3 Å². The minimum absolute atomic E-state index is 0.0569. The molecule has 30 heavy (non-hydrogen) atoms. The zero-order valence-electron chi connectivity index (χ0n) is 16.1. The van der Waals surface area contributed by atoms with Crippen molar-refractivity contribution in [2.75, 3.05) is 12.4 Å².